The summed E-state index contributed by atoms with van der Waals surface area (Å²) >= 11 is 0. The third kappa shape index (κ3) is 45.8. The quantitative estimate of drug-likeness (QED) is 0.129. The fraction of sp³-hybridized carbons (Fsp3) is 0.663. The summed E-state index contributed by atoms with van der Waals surface area (Å²) in [4.78, 5) is 0. The molecule has 0 spiro atoms. The predicted octanol–water partition coefficient (Wildman–Crippen LogP) is 24.4. The van der Waals surface area contributed by atoms with Crippen LogP contribution in [0.4, 0.5) is 17.6 Å². The fourth-order valence-corrected chi connectivity index (χ4v) is 9.82. The van der Waals surface area contributed by atoms with Gasteiger partial charge in [0, 0.05) is 25.0 Å². The maximum Gasteiger partial charge on any atom is 0.161 e. The molecule has 10 heteroatoms. The summed E-state index contributed by atoms with van der Waals surface area (Å²) in [5.74, 6) is 4.97. The average molecular weight is 1310 g/mol. The first-order valence-corrected chi connectivity index (χ1v) is 35.2. The molecule has 0 aromatic heterocycles. The Labute approximate surface area is 568 Å². The maximum absolute atomic E-state index is 12.6. The second-order valence-electron chi connectivity index (χ2n) is 28.5. The summed E-state index contributed by atoms with van der Waals surface area (Å²) in [6.45, 7) is 50.6. The molecule has 4 saturated heterocycles. The van der Waals surface area contributed by atoms with E-state index in [0.29, 0.717) is 46.3 Å². The molecule has 4 aliphatic heterocycles. The third-order valence-electron chi connectivity index (χ3n) is 17.4. The first-order chi connectivity index (χ1) is 43.3. The lowest BCUT2D eigenvalue weighted by Gasteiger charge is -2.24. The van der Waals surface area contributed by atoms with Crippen molar-refractivity contribution in [2.24, 2.45) is 47.3 Å². The van der Waals surface area contributed by atoms with Gasteiger partial charge in [0.15, 0.2) is 24.2 Å². The molecular formula is C83H136F4O6. The monoisotopic (exact) mass is 1310 g/mol. The average Bonchev–Trinajstić information content (AvgIpc) is 1.67. The highest BCUT2D eigenvalue weighted by Gasteiger charge is 2.17. The van der Waals surface area contributed by atoms with Gasteiger partial charge in [-0.2, -0.15) is 0 Å². The summed E-state index contributed by atoms with van der Waals surface area (Å²) in [7, 11) is 0. The Morgan fingerprint density at radius 2 is 0.559 bits per heavy atom. The van der Waals surface area contributed by atoms with E-state index in [-0.39, 0.29) is 31.6 Å². The molecule has 0 radical (unpaired) electrons. The normalized spacial score (nSPS) is 26.0. The van der Waals surface area contributed by atoms with E-state index in [0.717, 1.165) is 86.3 Å². The van der Waals surface area contributed by atoms with E-state index in [1.54, 1.807) is 49.3 Å². The second kappa shape index (κ2) is 51.1. The third-order valence-corrected chi connectivity index (χ3v) is 17.4. The maximum atomic E-state index is 12.6. The van der Waals surface area contributed by atoms with Gasteiger partial charge in [-0.1, -0.05) is 184 Å². The van der Waals surface area contributed by atoms with Crippen LogP contribution in [0.5, 0.6) is 0 Å². The Morgan fingerprint density at radius 3 is 0.774 bits per heavy atom. The van der Waals surface area contributed by atoms with E-state index in [9.17, 15) is 17.6 Å². The van der Waals surface area contributed by atoms with Crippen molar-refractivity contribution in [2.45, 2.75) is 274 Å². The number of rotatable bonds is 0. The van der Waals surface area contributed by atoms with Crippen molar-refractivity contribution in [1.82, 2.24) is 0 Å². The minimum absolute atomic E-state index is 0. The SMILES string of the molecule is C.CC1=CCC(C)CC1.CC1=CCC(C)CC1.CC1CCC(C)CC1.CC1CCC(C)OC1.CC1CCC(C)OC1.CC1COC(C)OC1.CC1COC(C)OC1.Cc1ccc(C)c(F)c1.Cc1ccc(C)c(F)c1.Cc1ccc(C)c(F)c1F.Cc1ccc(C)cc1. The van der Waals surface area contributed by atoms with Crippen LogP contribution in [0.15, 0.2) is 96.1 Å². The Bertz CT molecular complexity index is 2270. The summed E-state index contributed by atoms with van der Waals surface area (Å²) in [5.41, 5.74) is 9.89. The molecule has 5 fully saturated rings. The number of hydrogen-bond acceptors (Lipinski definition) is 6. The van der Waals surface area contributed by atoms with Gasteiger partial charge in [0.05, 0.1) is 38.6 Å². The molecule has 0 N–H and O–H groups in total. The first-order valence-electron chi connectivity index (χ1n) is 35.2. The molecule has 4 aromatic rings. The largest absolute Gasteiger partial charge is 0.378 e. The molecule has 11 rings (SSSR count). The van der Waals surface area contributed by atoms with Crippen LogP contribution in [0.1, 0.15) is 239 Å². The van der Waals surface area contributed by atoms with Crippen molar-refractivity contribution in [3.63, 3.8) is 0 Å². The summed E-state index contributed by atoms with van der Waals surface area (Å²) in [5, 5.41) is 0. The Balaban J connectivity index is 0.00000100. The number of ether oxygens (including phenoxy) is 6. The molecule has 4 heterocycles. The summed E-state index contributed by atoms with van der Waals surface area (Å²) < 4.78 is 81.8. The molecule has 1 saturated carbocycles. The lowest BCUT2D eigenvalue weighted by atomic mass is 9.84. The van der Waals surface area contributed by atoms with Gasteiger partial charge in [0.2, 0.25) is 0 Å². The molecule has 0 bridgehead atoms. The first kappa shape index (κ1) is 88.8. The van der Waals surface area contributed by atoms with Gasteiger partial charge in [0.1, 0.15) is 11.6 Å². The van der Waals surface area contributed by atoms with E-state index in [4.69, 9.17) is 28.4 Å². The number of allylic oxidation sites excluding steroid dienone is 4. The molecule has 532 valence electrons. The Kier molecular flexibility index (Phi) is 48.8. The van der Waals surface area contributed by atoms with E-state index in [2.05, 4.69) is 133 Å². The van der Waals surface area contributed by atoms with Gasteiger partial charge < -0.3 is 28.4 Å². The second-order valence-corrected chi connectivity index (χ2v) is 28.5. The topological polar surface area (TPSA) is 55.4 Å². The number of halogens is 4. The molecule has 4 aromatic carbocycles. The van der Waals surface area contributed by atoms with E-state index in [1.165, 1.54) is 127 Å². The molecule has 0 amide bonds. The highest BCUT2D eigenvalue weighted by Crippen LogP contribution is 2.28. The molecule has 6 unspecified atom stereocenters. The molecule has 93 heavy (non-hydrogen) atoms. The summed E-state index contributed by atoms with van der Waals surface area (Å²) in [6.07, 6.45) is 25.0. The van der Waals surface area contributed by atoms with Crippen LogP contribution in [0, 0.1) is 126 Å². The van der Waals surface area contributed by atoms with Crippen LogP contribution in [0.2, 0.25) is 0 Å². The molecule has 3 aliphatic carbocycles. The molecule has 7 aliphatic rings. The van der Waals surface area contributed by atoms with Crippen molar-refractivity contribution in [3.8, 4) is 0 Å². The van der Waals surface area contributed by atoms with Crippen molar-refractivity contribution in [2.75, 3.05) is 39.6 Å². The van der Waals surface area contributed by atoms with Gasteiger partial charge in [-0.3, -0.25) is 0 Å². The predicted molar refractivity (Wildman–Crippen MR) is 389 cm³/mol. The molecule has 6 nitrogen and oxygen atoms in total. The fourth-order valence-electron chi connectivity index (χ4n) is 9.82. The van der Waals surface area contributed by atoms with Crippen LogP contribution in [-0.4, -0.2) is 64.4 Å². The minimum Gasteiger partial charge on any atom is -0.378 e. The Hall–Kier alpha value is -4.16. The lowest BCUT2D eigenvalue weighted by Crippen LogP contribution is -2.27. The minimum atomic E-state index is -0.736. The number of benzene rings is 4. The highest BCUT2D eigenvalue weighted by molar-refractivity contribution is 5.25. The van der Waals surface area contributed by atoms with Gasteiger partial charge >= 0.3 is 0 Å². The van der Waals surface area contributed by atoms with Crippen molar-refractivity contribution in [3.05, 3.63) is 164 Å². The van der Waals surface area contributed by atoms with Crippen LogP contribution in [-0.2, 0) is 28.4 Å². The molecule has 6 atom stereocenters. The van der Waals surface area contributed by atoms with Gasteiger partial charge in [-0.05, 0) is 242 Å². The van der Waals surface area contributed by atoms with Crippen molar-refractivity contribution < 1.29 is 46.0 Å². The van der Waals surface area contributed by atoms with E-state index in [1.807, 2.05) is 39.8 Å². The van der Waals surface area contributed by atoms with Gasteiger partial charge in [0.25, 0.3) is 0 Å². The van der Waals surface area contributed by atoms with Crippen molar-refractivity contribution >= 4 is 0 Å². The van der Waals surface area contributed by atoms with Crippen LogP contribution in [0.25, 0.3) is 0 Å². The lowest BCUT2D eigenvalue weighted by molar-refractivity contribution is -0.187. The van der Waals surface area contributed by atoms with Gasteiger partial charge in [-0.25, -0.2) is 17.6 Å². The van der Waals surface area contributed by atoms with Crippen molar-refractivity contribution in [1.29, 1.82) is 0 Å². The van der Waals surface area contributed by atoms with Gasteiger partial charge in [-0.15, -0.1) is 0 Å². The van der Waals surface area contributed by atoms with Crippen LogP contribution in [0.3, 0.4) is 0 Å². The highest BCUT2D eigenvalue weighted by atomic mass is 19.2. The zero-order valence-electron chi connectivity index (χ0n) is 62.1. The Morgan fingerprint density at radius 1 is 0.290 bits per heavy atom. The zero-order chi connectivity index (χ0) is 69.3. The smallest absolute Gasteiger partial charge is 0.161 e. The van der Waals surface area contributed by atoms with E-state index < -0.39 is 11.6 Å². The standard InChI is InChI=1S/C8H8F2.2C8H9F.C8H16.2C8H14.C8H10.2C7H14O.2C6H12O2.CH4/c1-5-3-4-6(2)8(10)7(5)9;2*1-6-3-4-7(2)8(9)5-6;4*1-7-3-5-8(2)6-4-7;2*1-6-3-4-7(2)8-5-6;2*1-5-3-7-6(2)8-4-5;/h3-4H,1-2H3;2*3-5H,1-2H3;7-8H,3-6H2,1-2H3;2*3,8H,4-6H2,1-2H3;3-6H,1-2H3;2*6-7H,3-5H2,1-2H3;2*5-6H,3-4H2,1-2H3;1H4. The summed E-state index contributed by atoms with van der Waals surface area (Å²) in [6, 6.07) is 22.0. The van der Waals surface area contributed by atoms with E-state index >= 15 is 0 Å². The van der Waals surface area contributed by atoms with Crippen LogP contribution >= 0.6 is 0 Å². The molecular weight excluding hydrogens is 1170 g/mol. The van der Waals surface area contributed by atoms with Crippen LogP contribution < -0.4 is 0 Å². The number of aryl methyl sites for hydroxylation is 8. The zero-order valence-corrected chi connectivity index (χ0v) is 62.1. The number of hydrogen-bond donors (Lipinski definition) is 0.